The van der Waals surface area contributed by atoms with Crippen LogP contribution in [0, 0.1) is 11.8 Å². The highest BCUT2D eigenvalue weighted by molar-refractivity contribution is 5.70. The fraction of sp³-hybridized carbons (Fsp3) is 0.938. The summed E-state index contributed by atoms with van der Waals surface area (Å²) in [6, 6.07) is 0.290. The molecule has 1 saturated heterocycles. The highest BCUT2D eigenvalue weighted by atomic mass is 16.4. The molecule has 2 saturated carbocycles. The number of piperazine rings is 1. The van der Waals surface area contributed by atoms with Gasteiger partial charge < -0.3 is 10.0 Å². The van der Waals surface area contributed by atoms with Crippen molar-refractivity contribution in [3.63, 3.8) is 0 Å². The predicted molar refractivity (Wildman–Crippen MR) is 78.7 cm³/mol. The van der Waals surface area contributed by atoms with E-state index in [1.165, 1.54) is 32.2 Å². The number of hydrogen-bond donors (Lipinski definition) is 1. The molecule has 0 bridgehead atoms. The third kappa shape index (κ3) is 3.53. The second kappa shape index (κ2) is 6.44. The van der Waals surface area contributed by atoms with Crippen LogP contribution in [0.25, 0.3) is 0 Å². The standard InChI is InChI=1S/C16H28N2O2/c19-16(20)14-4-2-1-3-5-15(14)18-10-8-17(9-11-18)12-13-6-7-13/h13-15H,1-12H2,(H,19,20). The molecule has 3 rings (SSSR count). The number of rotatable bonds is 4. The Hall–Kier alpha value is -0.610. The van der Waals surface area contributed by atoms with Crippen LogP contribution in [0.5, 0.6) is 0 Å². The predicted octanol–water partition coefficient (Wildman–Crippen LogP) is 2.05. The number of nitrogens with zero attached hydrogens (tertiary/aromatic N) is 2. The summed E-state index contributed by atoms with van der Waals surface area (Å²) in [6.07, 6.45) is 8.31. The van der Waals surface area contributed by atoms with Gasteiger partial charge >= 0.3 is 5.97 Å². The summed E-state index contributed by atoms with van der Waals surface area (Å²) in [5.74, 6) is 0.260. The smallest absolute Gasteiger partial charge is 0.308 e. The summed E-state index contributed by atoms with van der Waals surface area (Å²) in [7, 11) is 0. The second-order valence-corrected chi connectivity index (χ2v) is 6.93. The molecular formula is C16H28N2O2. The van der Waals surface area contributed by atoms with Crippen LogP contribution in [0.15, 0.2) is 0 Å². The van der Waals surface area contributed by atoms with Gasteiger partial charge in [-0.25, -0.2) is 0 Å². The fourth-order valence-electron chi connectivity index (χ4n) is 3.96. The van der Waals surface area contributed by atoms with E-state index < -0.39 is 5.97 Å². The van der Waals surface area contributed by atoms with E-state index in [0.29, 0.717) is 0 Å². The first kappa shape index (κ1) is 14.3. The summed E-state index contributed by atoms with van der Waals surface area (Å²) in [6.45, 7) is 5.70. The Bertz CT molecular complexity index is 335. The average molecular weight is 280 g/mol. The van der Waals surface area contributed by atoms with Crippen LogP contribution in [0.2, 0.25) is 0 Å². The van der Waals surface area contributed by atoms with Crippen molar-refractivity contribution in [2.75, 3.05) is 32.7 Å². The molecule has 0 radical (unpaired) electrons. The molecule has 3 fully saturated rings. The molecule has 0 aromatic carbocycles. The molecule has 0 aromatic heterocycles. The SMILES string of the molecule is O=C(O)C1CCCCCC1N1CCN(CC2CC2)CC1. The van der Waals surface area contributed by atoms with E-state index in [9.17, 15) is 9.90 Å². The maximum Gasteiger partial charge on any atom is 0.308 e. The molecule has 1 N–H and O–H groups in total. The number of hydrogen-bond acceptors (Lipinski definition) is 3. The normalized spacial score (nSPS) is 33.8. The minimum absolute atomic E-state index is 0.132. The van der Waals surface area contributed by atoms with Crippen molar-refractivity contribution in [2.45, 2.75) is 51.0 Å². The zero-order valence-electron chi connectivity index (χ0n) is 12.5. The largest absolute Gasteiger partial charge is 0.481 e. The Balaban J connectivity index is 1.55. The van der Waals surface area contributed by atoms with Gasteiger partial charge in [0.15, 0.2) is 0 Å². The number of carboxylic acid groups (broad SMARTS) is 1. The van der Waals surface area contributed by atoms with Crippen molar-refractivity contribution in [1.82, 2.24) is 9.80 Å². The van der Waals surface area contributed by atoms with Crippen molar-refractivity contribution in [1.29, 1.82) is 0 Å². The summed E-state index contributed by atoms with van der Waals surface area (Å²) in [5.41, 5.74) is 0. The van der Waals surface area contributed by atoms with E-state index in [1.807, 2.05) is 0 Å². The number of carboxylic acids is 1. The lowest BCUT2D eigenvalue weighted by Crippen LogP contribution is -2.53. The third-order valence-corrected chi connectivity index (χ3v) is 5.39. The highest BCUT2D eigenvalue weighted by Gasteiger charge is 2.35. The maximum absolute atomic E-state index is 11.5. The van der Waals surface area contributed by atoms with Crippen LogP contribution in [0.3, 0.4) is 0 Å². The Labute approximate surface area is 122 Å². The van der Waals surface area contributed by atoms with Gasteiger partial charge in [0.2, 0.25) is 0 Å². The van der Waals surface area contributed by atoms with E-state index in [4.69, 9.17) is 0 Å². The van der Waals surface area contributed by atoms with E-state index in [-0.39, 0.29) is 12.0 Å². The van der Waals surface area contributed by atoms with Gasteiger partial charge in [0.25, 0.3) is 0 Å². The van der Waals surface area contributed by atoms with E-state index in [1.54, 1.807) is 0 Å². The van der Waals surface area contributed by atoms with Crippen LogP contribution in [0.1, 0.15) is 44.9 Å². The summed E-state index contributed by atoms with van der Waals surface area (Å²) in [5, 5.41) is 9.51. The maximum atomic E-state index is 11.5. The minimum atomic E-state index is -0.572. The van der Waals surface area contributed by atoms with E-state index in [0.717, 1.165) is 51.4 Å². The molecular weight excluding hydrogens is 252 g/mol. The van der Waals surface area contributed by atoms with Gasteiger partial charge in [-0.05, 0) is 31.6 Å². The first-order valence-corrected chi connectivity index (χ1v) is 8.43. The molecule has 0 spiro atoms. The van der Waals surface area contributed by atoms with Crippen molar-refractivity contribution >= 4 is 5.97 Å². The van der Waals surface area contributed by atoms with Crippen LogP contribution in [0.4, 0.5) is 0 Å². The summed E-state index contributed by atoms with van der Waals surface area (Å²) < 4.78 is 0. The van der Waals surface area contributed by atoms with Crippen LogP contribution in [-0.4, -0.2) is 59.6 Å². The van der Waals surface area contributed by atoms with Gasteiger partial charge in [-0.15, -0.1) is 0 Å². The van der Waals surface area contributed by atoms with Gasteiger partial charge in [-0.1, -0.05) is 19.3 Å². The Kier molecular flexibility index (Phi) is 4.61. The van der Waals surface area contributed by atoms with Crippen molar-refractivity contribution in [3.8, 4) is 0 Å². The van der Waals surface area contributed by atoms with Gasteiger partial charge in [0.05, 0.1) is 5.92 Å². The van der Waals surface area contributed by atoms with Gasteiger partial charge in [0.1, 0.15) is 0 Å². The molecule has 4 nitrogen and oxygen atoms in total. The van der Waals surface area contributed by atoms with E-state index >= 15 is 0 Å². The van der Waals surface area contributed by atoms with Crippen LogP contribution in [-0.2, 0) is 4.79 Å². The molecule has 0 aromatic rings. The van der Waals surface area contributed by atoms with Crippen molar-refractivity contribution in [2.24, 2.45) is 11.8 Å². The number of aliphatic carboxylic acids is 1. The molecule has 1 heterocycles. The molecule has 114 valence electrons. The topological polar surface area (TPSA) is 43.8 Å². The highest BCUT2D eigenvalue weighted by Crippen LogP contribution is 2.31. The fourth-order valence-corrected chi connectivity index (χ4v) is 3.96. The molecule has 20 heavy (non-hydrogen) atoms. The monoisotopic (exact) mass is 280 g/mol. The first-order valence-electron chi connectivity index (χ1n) is 8.43. The lowest BCUT2D eigenvalue weighted by Gasteiger charge is -2.41. The van der Waals surface area contributed by atoms with Gasteiger partial charge in [-0.3, -0.25) is 9.69 Å². The quantitative estimate of drug-likeness (QED) is 0.801. The first-order chi connectivity index (χ1) is 9.74. The zero-order valence-corrected chi connectivity index (χ0v) is 12.5. The Morgan fingerprint density at radius 3 is 2.30 bits per heavy atom. The molecule has 2 atom stereocenters. The number of carbonyl (C=O) groups is 1. The Morgan fingerprint density at radius 1 is 0.950 bits per heavy atom. The molecule has 2 unspecified atom stereocenters. The van der Waals surface area contributed by atoms with Gasteiger partial charge in [0, 0.05) is 38.8 Å². The average Bonchev–Trinajstić information content (AvgIpc) is 3.25. The molecule has 2 aliphatic carbocycles. The van der Waals surface area contributed by atoms with Crippen LogP contribution >= 0.6 is 0 Å². The zero-order chi connectivity index (χ0) is 13.9. The van der Waals surface area contributed by atoms with Crippen molar-refractivity contribution in [3.05, 3.63) is 0 Å². The van der Waals surface area contributed by atoms with E-state index in [2.05, 4.69) is 9.80 Å². The van der Waals surface area contributed by atoms with Crippen molar-refractivity contribution < 1.29 is 9.90 Å². The minimum Gasteiger partial charge on any atom is -0.481 e. The molecule has 4 heteroatoms. The third-order valence-electron chi connectivity index (χ3n) is 5.39. The summed E-state index contributed by atoms with van der Waals surface area (Å²) >= 11 is 0. The van der Waals surface area contributed by atoms with Gasteiger partial charge in [-0.2, -0.15) is 0 Å². The molecule has 0 amide bonds. The Morgan fingerprint density at radius 2 is 1.65 bits per heavy atom. The molecule has 1 aliphatic heterocycles. The molecule has 3 aliphatic rings. The van der Waals surface area contributed by atoms with Crippen LogP contribution < -0.4 is 0 Å². The second-order valence-electron chi connectivity index (χ2n) is 6.93. The summed E-state index contributed by atoms with van der Waals surface area (Å²) in [4.78, 5) is 16.6. The lowest BCUT2D eigenvalue weighted by molar-refractivity contribution is -0.145. The lowest BCUT2D eigenvalue weighted by atomic mass is 9.93.